The van der Waals surface area contributed by atoms with Gasteiger partial charge in [-0.1, -0.05) is 46.2 Å². The second kappa shape index (κ2) is 14.4. The van der Waals surface area contributed by atoms with Crippen LogP contribution in [0.1, 0.15) is 80.1 Å². The van der Waals surface area contributed by atoms with Crippen molar-refractivity contribution in [3.63, 3.8) is 0 Å². The Morgan fingerprint density at radius 3 is 2.44 bits per heavy atom. The molecule has 3 unspecified atom stereocenters. The Morgan fingerprint density at radius 2 is 1.88 bits per heavy atom. The number of nitrogens with one attached hydrogen (secondary N) is 2. The summed E-state index contributed by atoms with van der Waals surface area (Å²) in [6.07, 6.45) is 1.08. The molecule has 3 aliphatic rings. The summed E-state index contributed by atoms with van der Waals surface area (Å²) in [6.45, 7) is 11.6. The zero-order chi connectivity index (χ0) is 31.9. The summed E-state index contributed by atoms with van der Waals surface area (Å²) in [5.74, 6) is -2.76. The van der Waals surface area contributed by atoms with Crippen LogP contribution in [0.4, 0.5) is 4.79 Å². The number of hydrogen-bond donors (Lipinski definition) is 3. The topological polar surface area (TPSA) is 188 Å². The third-order valence-electron chi connectivity index (χ3n) is 8.09. The molecule has 0 aliphatic carbocycles. The minimum atomic E-state index is -1.15. The van der Waals surface area contributed by atoms with Crippen molar-refractivity contribution in [2.24, 2.45) is 22.2 Å². The Kier molecular flexibility index (Phi) is 11.4. The first-order valence-corrected chi connectivity index (χ1v) is 15.1. The van der Waals surface area contributed by atoms with Crippen LogP contribution in [0, 0.1) is 11.3 Å². The van der Waals surface area contributed by atoms with E-state index in [4.69, 9.17) is 24.8 Å². The van der Waals surface area contributed by atoms with E-state index in [0.717, 1.165) is 0 Å². The van der Waals surface area contributed by atoms with Crippen LogP contribution < -0.4 is 16.4 Å². The Balaban J connectivity index is 1.89. The molecule has 0 radical (unpaired) electrons. The van der Waals surface area contributed by atoms with Crippen LogP contribution in [0.15, 0.2) is 5.16 Å². The van der Waals surface area contributed by atoms with E-state index in [1.165, 1.54) is 4.90 Å². The number of nitrogens with two attached hydrogens (primary N) is 1. The van der Waals surface area contributed by atoms with Gasteiger partial charge in [0.2, 0.25) is 17.7 Å². The molecule has 3 aliphatic heterocycles. The molecule has 242 valence electrons. The molecule has 0 saturated carbocycles. The maximum atomic E-state index is 14.2. The van der Waals surface area contributed by atoms with E-state index < -0.39 is 70.9 Å². The van der Waals surface area contributed by atoms with Crippen LogP contribution in [0.3, 0.4) is 0 Å². The predicted molar refractivity (Wildman–Crippen MR) is 155 cm³/mol. The van der Waals surface area contributed by atoms with E-state index in [1.54, 1.807) is 27.7 Å². The van der Waals surface area contributed by atoms with Crippen LogP contribution in [0.2, 0.25) is 0 Å². The lowest BCUT2D eigenvalue weighted by molar-refractivity contribution is -0.143. The van der Waals surface area contributed by atoms with Crippen molar-refractivity contribution in [1.82, 2.24) is 15.5 Å². The van der Waals surface area contributed by atoms with Gasteiger partial charge in [-0.3, -0.25) is 14.4 Å². The average molecular weight is 610 g/mol. The number of amides is 4. The molecule has 3 rings (SSSR count). The molecule has 0 aromatic carbocycles. The lowest BCUT2D eigenvalue weighted by Crippen LogP contribution is -2.59. The standard InChI is InChI=1S/C29H47N5O9/c1-7-10-19(18(8-2)23(30)35)31-24(36)21-14-29(13-20(33-43-29)26(38)41-9-3)16-34(21)25(37)22(28(4,5)6)32-27(39)42-17-11-12-40-15-17/h17-19,21-22H,7-16H2,1-6H3,(H2,30,35)(H,31,36)(H,32,39)/t17-,18?,19-,21?,22?,29+/m0/s1. The number of hydrogen-bond acceptors (Lipinski definition) is 10. The van der Waals surface area contributed by atoms with E-state index in [2.05, 4.69) is 15.8 Å². The molecule has 3 heterocycles. The number of esters is 1. The molecule has 0 aromatic heterocycles. The number of oxime groups is 1. The molecule has 6 atom stereocenters. The first-order chi connectivity index (χ1) is 20.2. The van der Waals surface area contributed by atoms with Gasteiger partial charge in [-0.05, 0) is 25.2 Å². The Morgan fingerprint density at radius 1 is 1.16 bits per heavy atom. The smallest absolute Gasteiger partial charge is 0.408 e. The number of rotatable bonds is 12. The zero-order valence-electron chi connectivity index (χ0n) is 26.1. The van der Waals surface area contributed by atoms with E-state index in [-0.39, 0.29) is 38.3 Å². The Bertz CT molecular complexity index is 1080. The molecule has 43 heavy (non-hydrogen) atoms. The highest BCUT2D eigenvalue weighted by Gasteiger charge is 2.56. The van der Waals surface area contributed by atoms with E-state index in [9.17, 15) is 24.0 Å². The van der Waals surface area contributed by atoms with Crippen LogP contribution in [0.5, 0.6) is 0 Å². The minimum absolute atomic E-state index is 0.0317. The SMILES string of the molecule is CCC[C@H](NC(=O)C1C[C@]2(CC(C(=O)OCC)=NO2)CN1C(=O)C(NC(=O)O[C@H]1CCOC1)C(C)(C)C)C(CC)C(N)=O. The highest BCUT2D eigenvalue weighted by Crippen LogP contribution is 2.39. The molecule has 0 aromatic rings. The third-order valence-corrected chi connectivity index (χ3v) is 8.09. The number of likely N-dealkylation sites (tertiary alicyclic amines) is 1. The molecular weight excluding hydrogens is 562 g/mol. The van der Waals surface area contributed by atoms with Crippen molar-refractivity contribution in [2.75, 3.05) is 26.4 Å². The molecule has 2 saturated heterocycles. The normalized spacial score (nSPS) is 25.3. The van der Waals surface area contributed by atoms with E-state index in [1.807, 2.05) is 13.8 Å². The van der Waals surface area contributed by atoms with Crippen LogP contribution in [0.25, 0.3) is 0 Å². The molecule has 4 amide bonds. The highest BCUT2D eigenvalue weighted by molar-refractivity contribution is 6.36. The minimum Gasteiger partial charge on any atom is -0.461 e. The maximum absolute atomic E-state index is 14.2. The first-order valence-electron chi connectivity index (χ1n) is 15.1. The summed E-state index contributed by atoms with van der Waals surface area (Å²) < 4.78 is 15.8. The summed E-state index contributed by atoms with van der Waals surface area (Å²) >= 11 is 0. The molecule has 0 bridgehead atoms. The van der Waals surface area contributed by atoms with Gasteiger partial charge in [0.15, 0.2) is 11.3 Å². The third kappa shape index (κ3) is 8.36. The number of ether oxygens (including phenoxy) is 3. The first kappa shape index (κ1) is 34.1. The van der Waals surface area contributed by atoms with Crippen molar-refractivity contribution in [1.29, 1.82) is 0 Å². The fraction of sp³-hybridized carbons (Fsp3) is 0.793. The van der Waals surface area contributed by atoms with Gasteiger partial charge >= 0.3 is 12.1 Å². The summed E-state index contributed by atoms with van der Waals surface area (Å²) in [4.78, 5) is 72.7. The van der Waals surface area contributed by atoms with Crippen molar-refractivity contribution < 1.29 is 43.0 Å². The van der Waals surface area contributed by atoms with Gasteiger partial charge < -0.3 is 40.3 Å². The maximum Gasteiger partial charge on any atom is 0.408 e. The molecule has 4 N–H and O–H groups in total. The Labute approximate surface area is 252 Å². The number of carbonyl (C=O) groups is 5. The van der Waals surface area contributed by atoms with Gasteiger partial charge in [0.05, 0.1) is 32.3 Å². The van der Waals surface area contributed by atoms with E-state index in [0.29, 0.717) is 32.3 Å². The van der Waals surface area contributed by atoms with Gasteiger partial charge in [-0.15, -0.1) is 0 Å². The van der Waals surface area contributed by atoms with Gasteiger partial charge in [0.25, 0.3) is 0 Å². The average Bonchev–Trinajstić information content (AvgIpc) is 3.68. The van der Waals surface area contributed by atoms with E-state index >= 15 is 0 Å². The monoisotopic (exact) mass is 609 g/mol. The fourth-order valence-electron chi connectivity index (χ4n) is 5.82. The molecule has 1 spiro atoms. The molecule has 14 nitrogen and oxygen atoms in total. The predicted octanol–water partition coefficient (Wildman–Crippen LogP) is 1.39. The van der Waals surface area contributed by atoms with Gasteiger partial charge in [-0.25, -0.2) is 9.59 Å². The lowest BCUT2D eigenvalue weighted by Gasteiger charge is -2.36. The van der Waals surface area contributed by atoms with Crippen molar-refractivity contribution in [2.45, 2.75) is 110 Å². The van der Waals surface area contributed by atoms with Gasteiger partial charge in [-0.2, -0.15) is 0 Å². The number of primary amides is 1. The number of carbonyl (C=O) groups excluding carboxylic acids is 5. The fourth-order valence-corrected chi connectivity index (χ4v) is 5.82. The summed E-state index contributed by atoms with van der Waals surface area (Å²) in [6, 6.07) is -2.65. The highest BCUT2D eigenvalue weighted by atomic mass is 16.7. The van der Waals surface area contributed by atoms with Gasteiger partial charge in [0, 0.05) is 25.3 Å². The largest absolute Gasteiger partial charge is 0.461 e. The van der Waals surface area contributed by atoms with Crippen LogP contribution in [-0.2, 0) is 38.2 Å². The quantitative estimate of drug-likeness (QED) is 0.275. The number of alkyl carbamates (subject to hydrolysis) is 1. The summed E-state index contributed by atoms with van der Waals surface area (Å²) in [5, 5.41) is 9.60. The number of nitrogens with zero attached hydrogens (tertiary/aromatic N) is 2. The summed E-state index contributed by atoms with van der Waals surface area (Å²) in [5.41, 5.74) is 3.78. The summed E-state index contributed by atoms with van der Waals surface area (Å²) in [7, 11) is 0. The van der Waals surface area contributed by atoms with Crippen molar-refractivity contribution >= 4 is 35.5 Å². The molecule has 2 fully saturated rings. The molecule has 14 heteroatoms. The van der Waals surface area contributed by atoms with Crippen molar-refractivity contribution in [3.05, 3.63) is 0 Å². The van der Waals surface area contributed by atoms with Crippen molar-refractivity contribution in [3.8, 4) is 0 Å². The van der Waals surface area contributed by atoms with Crippen LogP contribution in [-0.4, -0.2) is 96.6 Å². The Hall–Kier alpha value is -3.42. The second-order valence-corrected chi connectivity index (χ2v) is 12.6. The zero-order valence-corrected chi connectivity index (χ0v) is 26.1. The second-order valence-electron chi connectivity index (χ2n) is 12.6. The van der Waals surface area contributed by atoms with Gasteiger partial charge in [0.1, 0.15) is 18.2 Å². The lowest BCUT2D eigenvalue weighted by atomic mass is 9.85. The van der Waals surface area contributed by atoms with Crippen LogP contribution >= 0.6 is 0 Å². The molecular formula is C29H47N5O9.